The van der Waals surface area contributed by atoms with Gasteiger partial charge in [0.1, 0.15) is 18.0 Å². The number of fused-ring (bicyclic) bond motifs is 3. The average Bonchev–Trinajstić information content (AvgIpc) is 3.43. The van der Waals surface area contributed by atoms with Crippen molar-refractivity contribution in [3.8, 4) is 10.4 Å². The summed E-state index contributed by atoms with van der Waals surface area (Å²) < 4.78 is 15.3. The van der Waals surface area contributed by atoms with Crippen molar-refractivity contribution in [2.24, 2.45) is 0 Å². The lowest BCUT2D eigenvalue weighted by atomic mass is 10.0. The standard InChI is InChI=1S/C27H22FN5S/c1-15-8-9-20(28)25-23(15)18(16(2)33-25)10-12-30-27-26-21(31-14-32-27)13-22(34-26)19-7-3-5-17-6-4-11-29-24(17)19/h3-9,11,13-14,33H,10,12H2,1-2H3,(H,30,31,32). The Morgan fingerprint density at radius 1 is 1.03 bits per heavy atom. The van der Waals surface area contributed by atoms with Crippen LogP contribution >= 0.6 is 11.3 Å². The molecule has 0 saturated heterocycles. The highest BCUT2D eigenvalue weighted by atomic mass is 32.1. The number of aryl methyl sites for hydroxylation is 2. The second-order valence-corrected chi connectivity index (χ2v) is 9.50. The summed E-state index contributed by atoms with van der Waals surface area (Å²) in [4.78, 5) is 17.9. The number of pyridine rings is 1. The molecule has 0 spiro atoms. The first-order valence-electron chi connectivity index (χ1n) is 11.2. The van der Waals surface area contributed by atoms with Gasteiger partial charge in [0.25, 0.3) is 0 Å². The van der Waals surface area contributed by atoms with Gasteiger partial charge < -0.3 is 10.3 Å². The Bertz CT molecular complexity index is 1680. The van der Waals surface area contributed by atoms with Crippen molar-refractivity contribution < 1.29 is 4.39 Å². The van der Waals surface area contributed by atoms with E-state index >= 15 is 0 Å². The summed E-state index contributed by atoms with van der Waals surface area (Å²) in [5.41, 5.74) is 6.79. The highest BCUT2D eigenvalue weighted by Gasteiger charge is 2.15. The minimum absolute atomic E-state index is 0.213. The summed E-state index contributed by atoms with van der Waals surface area (Å²) in [6.07, 6.45) is 4.18. The molecule has 0 amide bonds. The molecule has 0 atom stereocenters. The van der Waals surface area contributed by atoms with Gasteiger partial charge in [-0.2, -0.15) is 0 Å². The summed E-state index contributed by atoms with van der Waals surface area (Å²) in [5, 5.41) is 5.58. The van der Waals surface area contributed by atoms with Crippen molar-refractivity contribution >= 4 is 49.2 Å². The van der Waals surface area contributed by atoms with Crippen molar-refractivity contribution in [3.05, 3.63) is 83.7 Å². The third kappa shape index (κ3) is 3.40. The number of para-hydroxylation sites is 1. The lowest BCUT2D eigenvalue weighted by Crippen LogP contribution is -2.07. The average molecular weight is 468 g/mol. The van der Waals surface area contributed by atoms with Gasteiger partial charge in [-0.3, -0.25) is 4.98 Å². The number of halogens is 1. The number of hydrogen-bond acceptors (Lipinski definition) is 5. The van der Waals surface area contributed by atoms with Crippen LogP contribution in [0.25, 0.3) is 42.5 Å². The Morgan fingerprint density at radius 2 is 1.91 bits per heavy atom. The van der Waals surface area contributed by atoms with Gasteiger partial charge in [-0.05, 0) is 49.6 Å². The Balaban J connectivity index is 1.31. The number of H-pyrrole nitrogens is 1. The number of thiophene rings is 1. The van der Waals surface area contributed by atoms with Crippen LogP contribution in [0.5, 0.6) is 0 Å². The fourth-order valence-corrected chi connectivity index (χ4v) is 5.78. The Hall–Kier alpha value is -3.84. The number of nitrogens with one attached hydrogen (secondary N) is 2. The summed E-state index contributed by atoms with van der Waals surface area (Å²) in [5.74, 6) is 0.601. The smallest absolute Gasteiger partial charge is 0.147 e. The van der Waals surface area contributed by atoms with Gasteiger partial charge >= 0.3 is 0 Å². The molecular weight excluding hydrogens is 445 g/mol. The van der Waals surface area contributed by atoms with Gasteiger partial charge in [0.15, 0.2) is 0 Å². The first kappa shape index (κ1) is 20.7. The van der Waals surface area contributed by atoms with Crippen LogP contribution in [0.2, 0.25) is 0 Å². The zero-order chi connectivity index (χ0) is 23.2. The third-order valence-electron chi connectivity index (χ3n) is 6.31. The van der Waals surface area contributed by atoms with E-state index < -0.39 is 0 Å². The highest BCUT2D eigenvalue weighted by molar-refractivity contribution is 7.22. The monoisotopic (exact) mass is 467 g/mol. The molecule has 2 aromatic carbocycles. The SMILES string of the molecule is Cc1[nH]c2c(F)ccc(C)c2c1CCNc1ncnc2cc(-c3cccc4cccnc34)sc12. The molecule has 0 saturated carbocycles. The molecule has 0 bridgehead atoms. The predicted molar refractivity (Wildman–Crippen MR) is 138 cm³/mol. The van der Waals surface area contributed by atoms with E-state index in [4.69, 9.17) is 0 Å². The minimum Gasteiger partial charge on any atom is -0.368 e. The normalized spacial score (nSPS) is 11.6. The molecule has 0 aliphatic carbocycles. The highest BCUT2D eigenvalue weighted by Crippen LogP contribution is 2.38. The molecular formula is C27H22FN5S. The lowest BCUT2D eigenvalue weighted by molar-refractivity contribution is 0.637. The summed E-state index contributed by atoms with van der Waals surface area (Å²) in [6, 6.07) is 15.7. The number of rotatable bonds is 5. The number of aromatic nitrogens is 4. The summed E-state index contributed by atoms with van der Waals surface area (Å²) in [7, 11) is 0. The van der Waals surface area contributed by atoms with Crippen LogP contribution in [0.3, 0.4) is 0 Å². The zero-order valence-corrected chi connectivity index (χ0v) is 19.6. The van der Waals surface area contributed by atoms with Crippen LogP contribution in [0.1, 0.15) is 16.8 Å². The number of benzene rings is 2. The molecule has 0 fully saturated rings. The van der Waals surface area contributed by atoms with E-state index in [9.17, 15) is 4.39 Å². The molecule has 6 aromatic rings. The third-order valence-corrected chi connectivity index (χ3v) is 7.47. The van der Waals surface area contributed by atoms with E-state index in [2.05, 4.69) is 55.6 Å². The van der Waals surface area contributed by atoms with Crippen LogP contribution in [0.15, 0.2) is 61.1 Å². The topological polar surface area (TPSA) is 66.5 Å². The second-order valence-electron chi connectivity index (χ2n) is 8.45. The van der Waals surface area contributed by atoms with Crippen LogP contribution in [-0.2, 0) is 6.42 Å². The molecule has 0 aliphatic heterocycles. The van der Waals surface area contributed by atoms with Gasteiger partial charge in [0, 0.05) is 39.6 Å². The number of aromatic amines is 1. The van der Waals surface area contributed by atoms with Crippen molar-refractivity contribution in [1.29, 1.82) is 0 Å². The maximum Gasteiger partial charge on any atom is 0.147 e. The van der Waals surface area contributed by atoms with Crippen molar-refractivity contribution in [2.45, 2.75) is 20.3 Å². The molecule has 0 radical (unpaired) electrons. The Morgan fingerprint density at radius 3 is 2.82 bits per heavy atom. The van der Waals surface area contributed by atoms with Crippen LogP contribution in [-0.4, -0.2) is 26.5 Å². The first-order valence-corrected chi connectivity index (χ1v) is 12.0. The van der Waals surface area contributed by atoms with Gasteiger partial charge in [-0.1, -0.05) is 30.3 Å². The maximum absolute atomic E-state index is 14.3. The lowest BCUT2D eigenvalue weighted by Gasteiger charge is -2.08. The van der Waals surface area contributed by atoms with Crippen molar-refractivity contribution in [3.63, 3.8) is 0 Å². The number of hydrogen-bond donors (Lipinski definition) is 2. The maximum atomic E-state index is 14.3. The molecule has 2 N–H and O–H groups in total. The molecule has 6 rings (SSSR count). The quantitative estimate of drug-likeness (QED) is 0.293. The van der Waals surface area contributed by atoms with Gasteiger partial charge in [-0.15, -0.1) is 11.3 Å². The minimum atomic E-state index is -0.213. The fraction of sp³-hybridized carbons (Fsp3) is 0.148. The number of nitrogens with zero attached hydrogens (tertiary/aromatic N) is 3. The van der Waals surface area contributed by atoms with E-state index in [1.165, 1.54) is 6.07 Å². The van der Waals surface area contributed by atoms with E-state index in [1.54, 1.807) is 17.7 Å². The van der Waals surface area contributed by atoms with Crippen molar-refractivity contribution in [2.75, 3.05) is 11.9 Å². The van der Waals surface area contributed by atoms with Crippen LogP contribution in [0.4, 0.5) is 10.2 Å². The molecule has 34 heavy (non-hydrogen) atoms. The Labute approximate surface area is 199 Å². The fourth-order valence-electron chi connectivity index (χ4n) is 4.68. The first-order chi connectivity index (χ1) is 16.6. The molecule has 4 heterocycles. The molecule has 0 unspecified atom stereocenters. The van der Waals surface area contributed by atoms with Crippen LogP contribution in [0, 0.1) is 19.7 Å². The summed E-state index contributed by atoms with van der Waals surface area (Å²) in [6.45, 7) is 4.70. The zero-order valence-electron chi connectivity index (χ0n) is 18.8. The van der Waals surface area contributed by atoms with E-state index in [1.807, 2.05) is 32.2 Å². The summed E-state index contributed by atoms with van der Waals surface area (Å²) >= 11 is 1.67. The van der Waals surface area contributed by atoms with Gasteiger partial charge in [0.2, 0.25) is 0 Å². The molecule has 5 nitrogen and oxygen atoms in total. The Kier molecular flexibility index (Phi) is 4.99. The molecule has 7 heteroatoms. The van der Waals surface area contributed by atoms with E-state index in [-0.39, 0.29) is 5.82 Å². The van der Waals surface area contributed by atoms with Gasteiger partial charge in [-0.25, -0.2) is 14.4 Å². The van der Waals surface area contributed by atoms with Crippen molar-refractivity contribution in [1.82, 2.24) is 19.9 Å². The van der Waals surface area contributed by atoms with Gasteiger partial charge in [0.05, 0.1) is 21.3 Å². The molecule has 4 aromatic heterocycles. The largest absolute Gasteiger partial charge is 0.368 e. The van der Waals surface area contributed by atoms with E-state index in [0.29, 0.717) is 12.1 Å². The predicted octanol–water partition coefficient (Wildman–Crippen LogP) is 6.80. The van der Waals surface area contributed by atoms with E-state index in [0.717, 1.165) is 66.0 Å². The molecule has 0 aliphatic rings. The number of anilines is 1. The second kappa shape index (κ2) is 8.18. The van der Waals surface area contributed by atoms with Crippen LogP contribution < -0.4 is 5.32 Å². The molecule has 168 valence electrons.